The molecule has 302 valence electrons. The summed E-state index contributed by atoms with van der Waals surface area (Å²) >= 11 is 0. The molecule has 0 saturated carbocycles. The summed E-state index contributed by atoms with van der Waals surface area (Å²) in [5.74, 6) is 1.61. The van der Waals surface area contributed by atoms with Crippen molar-refractivity contribution in [2.75, 3.05) is 0 Å². The average Bonchev–Trinajstić information content (AvgIpc) is 4.03. The summed E-state index contributed by atoms with van der Waals surface area (Å²) < 4.78 is 15.5. The molecule has 0 fully saturated rings. The maximum Gasteiger partial charge on any atom is 0.166 e. The first-order valence-electron chi connectivity index (χ1n) is 21.8. The Morgan fingerprint density at radius 2 is 0.785 bits per heavy atom. The third kappa shape index (κ3) is 5.64. The van der Waals surface area contributed by atoms with Crippen LogP contribution in [0.4, 0.5) is 0 Å². The van der Waals surface area contributed by atoms with Crippen LogP contribution >= 0.6 is 0 Å². The number of furan rings is 2. The van der Waals surface area contributed by atoms with E-state index in [4.69, 9.17) is 23.8 Å². The number of fused-ring (bicyclic) bond motifs is 11. The van der Waals surface area contributed by atoms with Crippen molar-refractivity contribution in [3.05, 3.63) is 206 Å². The fourth-order valence-electron chi connectivity index (χ4n) is 9.86. The minimum atomic E-state index is 0.522. The van der Waals surface area contributed by atoms with E-state index in [1.54, 1.807) is 0 Å². The Balaban J connectivity index is 1.09. The Labute approximate surface area is 371 Å². The number of aromatic nitrogens is 4. The second-order valence-corrected chi connectivity index (χ2v) is 16.8. The van der Waals surface area contributed by atoms with Crippen LogP contribution in [0.15, 0.2) is 215 Å². The first kappa shape index (κ1) is 35.7. The van der Waals surface area contributed by atoms with Gasteiger partial charge in [-0.05, 0) is 99.4 Å². The SMILES string of the molecule is c1ccc(-c2cccc(-c3nc(-c4ccc5c(c4)oc4ccccc45)nc(-c4cc5oc6ccccc6c5cc4-n4c5cc6ccccc6cc5c5cc6ccccc6cc54)n3)c2)cc1. The molecule has 0 amide bonds. The fourth-order valence-corrected chi connectivity index (χ4v) is 9.86. The highest BCUT2D eigenvalue weighted by Gasteiger charge is 2.23. The van der Waals surface area contributed by atoms with Crippen molar-refractivity contribution in [3.63, 3.8) is 0 Å². The molecule has 0 spiro atoms. The summed E-state index contributed by atoms with van der Waals surface area (Å²) in [5, 5.41) is 11.2. The minimum Gasteiger partial charge on any atom is -0.456 e. The Kier molecular flexibility index (Phi) is 7.59. The van der Waals surface area contributed by atoms with Crippen molar-refractivity contribution in [1.29, 1.82) is 0 Å². The van der Waals surface area contributed by atoms with Crippen LogP contribution in [0.2, 0.25) is 0 Å². The van der Waals surface area contributed by atoms with Crippen LogP contribution in [-0.4, -0.2) is 19.5 Å². The van der Waals surface area contributed by atoms with Gasteiger partial charge in [0.1, 0.15) is 22.3 Å². The molecule has 6 heteroatoms. The van der Waals surface area contributed by atoms with Gasteiger partial charge in [0.05, 0.1) is 16.7 Å². The van der Waals surface area contributed by atoms with Gasteiger partial charge in [-0.2, -0.15) is 0 Å². The molecule has 14 rings (SSSR count). The summed E-state index contributed by atoms with van der Waals surface area (Å²) in [7, 11) is 0. The molecule has 4 heterocycles. The van der Waals surface area contributed by atoms with Crippen molar-refractivity contribution in [2.24, 2.45) is 0 Å². The van der Waals surface area contributed by atoms with E-state index < -0.39 is 0 Å². The van der Waals surface area contributed by atoms with E-state index in [1.807, 2.05) is 42.5 Å². The molecule has 65 heavy (non-hydrogen) atoms. The number of benzene rings is 10. The number of hydrogen-bond donors (Lipinski definition) is 0. The summed E-state index contributed by atoms with van der Waals surface area (Å²) in [5.41, 5.74) is 11.0. The highest BCUT2D eigenvalue weighted by Crippen LogP contribution is 2.43. The van der Waals surface area contributed by atoms with Gasteiger partial charge in [0.25, 0.3) is 0 Å². The van der Waals surface area contributed by atoms with Crippen molar-refractivity contribution in [1.82, 2.24) is 19.5 Å². The summed E-state index contributed by atoms with van der Waals surface area (Å²) in [6, 6.07) is 72.3. The molecule has 0 radical (unpaired) electrons. The Morgan fingerprint density at radius 3 is 1.45 bits per heavy atom. The zero-order chi connectivity index (χ0) is 42.6. The Morgan fingerprint density at radius 1 is 0.292 bits per heavy atom. The van der Waals surface area contributed by atoms with Crippen LogP contribution in [0.25, 0.3) is 138 Å². The highest BCUT2D eigenvalue weighted by molar-refractivity contribution is 6.18. The third-order valence-corrected chi connectivity index (χ3v) is 13.0. The van der Waals surface area contributed by atoms with Gasteiger partial charge >= 0.3 is 0 Å². The standard InChI is InChI=1S/C59H34N4O2/c1-2-13-35(14-3-1)36-19-12-20-41(27-36)57-60-58(42-25-26-45-43-21-8-10-23-53(43)64-55(45)32-42)62-59(61-57)49-34-56-48(44-22-9-11-24-54(44)65-56)33-52(49)63-50-30-39-17-6-4-15-37(39)28-46(50)47-29-38-16-5-7-18-40(38)31-51(47)63/h1-34H. The first-order chi connectivity index (χ1) is 32.2. The molecule has 0 atom stereocenters. The zero-order valence-electron chi connectivity index (χ0n) is 34.7. The van der Waals surface area contributed by atoms with Gasteiger partial charge in [0, 0.05) is 49.0 Å². The van der Waals surface area contributed by atoms with E-state index in [0.29, 0.717) is 17.5 Å². The molecular formula is C59H34N4O2. The number of hydrogen-bond acceptors (Lipinski definition) is 5. The van der Waals surface area contributed by atoms with Crippen LogP contribution in [-0.2, 0) is 0 Å². The minimum absolute atomic E-state index is 0.522. The lowest BCUT2D eigenvalue weighted by Gasteiger charge is -2.16. The number of para-hydroxylation sites is 2. The molecule has 0 aliphatic rings. The predicted octanol–water partition coefficient (Wildman–Crippen LogP) is 15.7. The normalized spacial score (nSPS) is 12.0. The summed E-state index contributed by atoms with van der Waals surface area (Å²) in [6.07, 6.45) is 0. The largest absolute Gasteiger partial charge is 0.456 e. The molecule has 0 saturated heterocycles. The van der Waals surface area contributed by atoms with Crippen LogP contribution in [0.1, 0.15) is 0 Å². The van der Waals surface area contributed by atoms with Crippen LogP contribution in [0, 0.1) is 0 Å². The lowest BCUT2D eigenvalue weighted by Crippen LogP contribution is -2.04. The van der Waals surface area contributed by atoms with E-state index in [9.17, 15) is 0 Å². The van der Waals surface area contributed by atoms with Crippen LogP contribution in [0.3, 0.4) is 0 Å². The molecule has 10 aromatic carbocycles. The molecule has 0 unspecified atom stereocenters. The lowest BCUT2D eigenvalue weighted by atomic mass is 10.0. The van der Waals surface area contributed by atoms with Crippen LogP contribution in [0.5, 0.6) is 0 Å². The van der Waals surface area contributed by atoms with E-state index in [1.165, 1.54) is 21.5 Å². The topological polar surface area (TPSA) is 69.9 Å². The molecule has 6 nitrogen and oxygen atoms in total. The average molecular weight is 831 g/mol. The predicted molar refractivity (Wildman–Crippen MR) is 265 cm³/mol. The van der Waals surface area contributed by atoms with Gasteiger partial charge in [-0.3, -0.25) is 0 Å². The van der Waals surface area contributed by atoms with Gasteiger partial charge in [0.15, 0.2) is 17.5 Å². The van der Waals surface area contributed by atoms with E-state index >= 15 is 0 Å². The quantitative estimate of drug-likeness (QED) is 0.173. The Hall–Kier alpha value is -8.87. The highest BCUT2D eigenvalue weighted by atomic mass is 16.3. The van der Waals surface area contributed by atoms with Gasteiger partial charge in [-0.25, -0.2) is 15.0 Å². The van der Waals surface area contributed by atoms with Crippen molar-refractivity contribution < 1.29 is 8.83 Å². The second kappa shape index (κ2) is 13.8. The molecule has 0 aliphatic heterocycles. The van der Waals surface area contributed by atoms with E-state index in [2.05, 4.69) is 168 Å². The first-order valence-corrected chi connectivity index (χ1v) is 21.8. The fraction of sp³-hybridized carbons (Fsp3) is 0. The van der Waals surface area contributed by atoms with Gasteiger partial charge in [0.2, 0.25) is 0 Å². The summed E-state index contributed by atoms with van der Waals surface area (Å²) in [6.45, 7) is 0. The van der Waals surface area contributed by atoms with Crippen LogP contribution < -0.4 is 0 Å². The van der Waals surface area contributed by atoms with Gasteiger partial charge in [-0.1, -0.05) is 140 Å². The zero-order valence-corrected chi connectivity index (χ0v) is 34.7. The Bertz CT molecular complexity index is 4160. The van der Waals surface area contributed by atoms with E-state index in [-0.39, 0.29) is 0 Å². The smallest absolute Gasteiger partial charge is 0.166 e. The molecule has 0 aliphatic carbocycles. The molecular weight excluding hydrogens is 797 g/mol. The lowest BCUT2D eigenvalue weighted by molar-refractivity contribution is 0.668. The molecule has 14 aromatic rings. The molecule has 0 bridgehead atoms. The maximum absolute atomic E-state index is 6.66. The number of nitrogens with zero attached hydrogens (tertiary/aromatic N) is 4. The van der Waals surface area contributed by atoms with Gasteiger partial charge in [-0.15, -0.1) is 0 Å². The maximum atomic E-state index is 6.66. The van der Waals surface area contributed by atoms with Gasteiger partial charge < -0.3 is 13.4 Å². The second-order valence-electron chi connectivity index (χ2n) is 16.8. The monoisotopic (exact) mass is 830 g/mol. The summed E-state index contributed by atoms with van der Waals surface area (Å²) in [4.78, 5) is 16.1. The third-order valence-electron chi connectivity index (χ3n) is 13.0. The van der Waals surface area contributed by atoms with Crippen molar-refractivity contribution in [3.8, 4) is 51.0 Å². The molecule has 0 N–H and O–H groups in total. The van der Waals surface area contributed by atoms with Crippen molar-refractivity contribution in [2.45, 2.75) is 0 Å². The number of rotatable bonds is 5. The molecule has 4 aromatic heterocycles. The van der Waals surface area contributed by atoms with E-state index in [0.717, 1.165) is 99.2 Å². The van der Waals surface area contributed by atoms with Crippen molar-refractivity contribution >= 4 is 87.2 Å².